The van der Waals surface area contributed by atoms with Crippen molar-refractivity contribution in [2.75, 3.05) is 5.32 Å². The van der Waals surface area contributed by atoms with E-state index in [1.807, 2.05) is 37.3 Å². The fourth-order valence-corrected chi connectivity index (χ4v) is 3.52. The molecule has 3 aromatic carbocycles. The Labute approximate surface area is 187 Å². The Morgan fingerprint density at radius 3 is 2.34 bits per heavy atom. The topological polar surface area (TPSA) is 113 Å². The van der Waals surface area contributed by atoms with Crippen molar-refractivity contribution in [3.63, 3.8) is 0 Å². The van der Waals surface area contributed by atoms with Gasteiger partial charge in [0.15, 0.2) is 0 Å². The standard InChI is InChI=1S/C26H27N3O3/c1-17-11-14-22(21(15-17)25(31)23(30)9-3-2-4-10-24(27)28)29-26(32)20-13-12-18-7-5-6-8-19(18)16-20/h5-8,11-16H,2-4,9-10H2,1H3,(H3,27,28)(H,29,32). The van der Waals surface area contributed by atoms with Crippen molar-refractivity contribution in [2.24, 2.45) is 5.73 Å². The van der Waals surface area contributed by atoms with Crippen LogP contribution in [0.2, 0.25) is 0 Å². The highest BCUT2D eigenvalue weighted by atomic mass is 16.2. The van der Waals surface area contributed by atoms with Crippen LogP contribution in [0, 0.1) is 12.3 Å². The van der Waals surface area contributed by atoms with Crippen LogP contribution < -0.4 is 11.1 Å². The Hall–Kier alpha value is -3.80. The minimum atomic E-state index is -0.603. The van der Waals surface area contributed by atoms with E-state index >= 15 is 0 Å². The molecule has 0 unspecified atom stereocenters. The Morgan fingerprint density at radius 2 is 1.59 bits per heavy atom. The number of hydrogen-bond acceptors (Lipinski definition) is 4. The van der Waals surface area contributed by atoms with Crippen LogP contribution in [-0.2, 0) is 4.79 Å². The summed E-state index contributed by atoms with van der Waals surface area (Å²) in [6.07, 6.45) is 2.61. The lowest BCUT2D eigenvalue weighted by Crippen LogP contribution is -2.19. The number of benzene rings is 3. The Kier molecular flexibility index (Phi) is 7.49. The fraction of sp³-hybridized carbons (Fsp3) is 0.231. The van der Waals surface area contributed by atoms with Gasteiger partial charge in [-0.1, -0.05) is 48.4 Å². The molecule has 0 saturated heterocycles. The monoisotopic (exact) mass is 429 g/mol. The number of unbranched alkanes of at least 4 members (excludes halogenated alkanes) is 2. The maximum absolute atomic E-state index is 12.9. The number of carbonyl (C=O) groups is 3. The number of hydrogen-bond donors (Lipinski definition) is 3. The van der Waals surface area contributed by atoms with Gasteiger partial charge in [0.2, 0.25) is 11.6 Å². The number of Topliss-reactive ketones (excluding diaryl/α,β-unsaturated/α-hetero) is 2. The van der Waals surface area contributed by atoms with Crippen LogP contribution >= 0.6 is 0 Å². The van der Waals surface area contributed by atoms with Crippen LogP contribution in [0.3, 0.4) is 0 Å². The van der Waals surface area contributed by atoms with Crippen LogP contribution in [0.5, 0.6) is 0 Å². The third-order valence-electron chi connectivity index (χ3n) is 5.28. The summed E-state index contributed by atoms with van der Waals surface area (Å²) in [5, 5.41) is 12.0. The molecule has 3 rings (SSSR count). The molecule has 1 amide bonds. The summed E-state index contributed by atoms with van der Waals surface area (Å²) in [5.41, 5.74) is 7.15. The lowest BCUT2D eigenvalue weighted by atomic mass is 9.99. The highest BCUT2D eigenvalue weighted by molar-refractivity contribution is 6.45. The van der Waals surface area contributed by atoms with Gasteiger partial charge in [-0.15, -0.1) is 0 Å². The molecule has 0 spiro atoms. The van der Waals surface area contributed by atoms with Gasteiger partial charge in [0.05, 0.1) is 11.5 Å². The predicted octanol–water partition coefficient (Wildman–Crippen LogP) is 5.04. The number of anilines is 1. The third-order valence-corrected chi connectivity index (χ3v) is 5.28. The maximum Gasteiger partial charge on any atom is 0.255 e. The van der Waals surface area contributed by atoms with Gasteiger partial charge in [0.25, 0.3) is 5.91 Å². The molecule has 0 aliphatic carbocycles. The summed E-state index contributed by atoms with van der Waals surface area (Å²) in [7, 11) is 0. The molecular weight excluding hydrogens is 402 g/mol. The van der Waals surface area contributed by atoms with Gasteiger partial charge in [-0.3, -0.25) is 19.8 Å². The minimum absolute atomic E-state index is 0.124. The number of ketones is 2. The van der Waals surface area contributed by atoms with Crippen LogP contribution in [0.1, 0.15) is 58.4 Å². The average Bonchev–Trinajstić information content (AvgIpc) is 2.78. The molecule has 0 heterocycles. The lowest BCUT2D eigenvalue weighted by molar-refractivity contribution is -0.115. The van der Waals surface area contributed by atoms with E-state index in [1.165, 1.54) is 0 Å². The average molecular weight is 430 g/mol. The van der Waals surface area contributed by atoms with E-state index in [0.29, 0.717) is 30.5 Å². The number of amides is 1. The largest absolute Gasteiger partial charge is 0.388 e. The fourth-order valence-electron chi connectivity index (χ4n) is 3.52. The number of nitrogens with one attached hydrogen (secondary N) is 2. The molecule has 0 radical (unpaired) electrons. The Bertz CT molecular complexity index is 1180. The lowest BCUT2D eigenvalue weighted by Gasteiger charge is -2.12. The predicted molar refractivity (Wildman–Crippen MR) is 127 cm³/mol. The zero-order chi connectivity index (χ0) is 23.1. The zero-order valence-corrected chi connectivity index (χ0v) is 18.1. The van der Waals surface area contributed by atoms with Crippen LogP contribution in [0.25, 0.3) is 10.8 Å². The van der Waals surface area contributed by atoms with E-state index in [2.05, 4.69) is 5.32 Å². The second kappa shape index (κ2) is 10.5. The van der Waals surface area contributed by atoms with E-state index in [1.54, 1.807) is 30.3 Å². The molecule has 0 atom stereocenters. The smallest absolute Gasteiger partial charge is 0.255 e. The molecule has 0 aliphatic rings. The Morgan fingerprint density at radius 1 is 0.875 bits per heavy atom. The molecule has 0 fully saturated rings. The molecule has 3 aromatic rings. The number of fused-ring (bicyclic) bond motifs is 1. The van der Waals surface area contributed by atoms with Crippen molar-refractivity contribution in [2.45, 2.75) is 39.0 Å². The SMILES string of the molecule is Cc1ccc(NC(=O)c2ccc3ccccc3c2)c(C(=O)C(=O)CCCCCC(=N)N)c1. The number of rotatable bonds is 10. The molecule has 6 nitrogen and oxygen atoms in total. The summed E-state index contributed by atoms with van der Waals surface area (Å²) >= 11 is 0. The minimum Gasteiger partial charge on any atom is -0.388 e. The highest BCUT2D eigenvalue weighted by Crippen LogP contribution is 2.22. The van der Waals surface area contributed by atoms with Crippen molar-refractivity contribution in [1.82, 2.24) is 0 Å². The van der Waals surface area contributed by atoms with Gasteiger partial charge in [-0.25, -0.2) is 0 Å². The molecule has 0 aliphatic heterocycles. The molecule has 0 aromatic heterocycles. The first kappa shape index (κ1) is 22.9. The van der Waals surface area contributed by atoms with Crippen molar-refractivity contribution in [3.05, 3.63) is 77.4 Å². The van der Waals surface area contributed by atoms with Crippen molar-refractivity contribution >= 4 is 39.8 Å². The molecule has 0 bridgehead atoms. The normalized spacial score (nSPS) is 10.7. The van der Waals surface area contributed by atoms with E-state index in [0.717, 1.165) is 22.8 Å². The molecule has 4 N–H and O–H groups in total. The number of aryl methyl sites for hydroxylation is 1. The number of nitrogens with two attached hydrogens (primary N) is 1. The van der Waals surface area contributed by atoms with Gasteiger partial charge in [0, 0.05) is 24.0 Å². The number of carbonyl (C=O) groups excluding carboxylic acids is 3. The summed E-state index contributed by atoms with van der Waals surface area (Å²) < 4.78 is 0. The zero-order valence-electron chi connectivity index (χ0n) is 18.1. The summed E-state index contributed by atoms with van der Waals surface area (Å²) in [6, 6.07) is 18.2. The molecule has 32 heavy (non-hydrogen) atoms. The first-order valence-electron chi connectivity index (χ1n) is 10.7. The summed E-state index contributed by atoms with van der Waals surface area (Å²) in [4.78, 5) is 38.2. The summed E-state index contributed by atoms with van der Waals surface area (Å²) in [5.74, 6) is -1.31. The molecule has 6 heteroatoms. The molecule has 0 saturated carbocycles. The van der Waals surface area contributed by atoms with Gasteiger partial charge in [-0.05, 0) is 54.8 Å². The van der Waals surface area contributed by atoms with Gasteiger partial charge >= 0.3 is 0 Å². The van der Waals surface area contributed by atoms with Crippen LogP contribution in [0.15, 0.2) is 60.7 Å². The number of amidine groups is 1. The summed E-state index contributed by atoms with van der Waals surface area (Å²) in [6.45, 7) is 1.83. The van der Waals surface area contributed by atoms with E-state index < -0.39 is 11.6 Å². The van der Waals surface area contributed by atoms with Crippen molar-refractivity contribution in [1.29, 1.82) is 5.41 Å². The molecule has 164 valence electrons. The van der Waals surface area contributed by atoms with Crippen LogP contribution in [-0.4, -0.2) is 23.3 Å². The molecular formula is C26H27N3O3. The van der Waals surface area contributed by atoms with E-state index in [4.69, 9.17) is 11.1 Å². The maximum atomic E-state index is 12.9. The van der Waals surface area contributed by atoms with Gasteiger partial charge in [-0.2, -0.15) is 0 Å². The van der Waals surface area contributed by atoms with Crippen molar-refractivity contribution < 1.29 is 14.4 Å². The third kappa shape index (κ3) is 5.88. The first-order chi connectivity index (χ1) is 15.3. The van der Waals surface area contributed by atoms with Gasteiger partial charge < -0.3 is 11.1 Å². The second-order valence-corrected chi connectivity index (χ2v) is 7.90. The highest BCUT2D eigenvalue weighted by Gasteiger charge is 2.21. The van der Waals surface area contributed by atoms with E-state index in [-0.39, 0.29) is 23.7 Å². The second-order valence-electron chi connectivity index (χ2n) is 7.90. The van der Waals surface area contributed by atoms with Crippen molar-refractivity contribution in [3.8, 4) is 0 Å². The van der Waals surface area contributed by atoms with Gasteiger partial charge in [0.1, 0.15) is 0 Å². The van der Waals surface area contributed by atoms with Crippen LogP contribution in [0.4, 0.5) is 5.69 Å². The Balaban J connectivity index is 1.72. The first-order valence-corrected chi connectivity index (χ1v) is 10.7. The van der Waals surface area contributed by atoms with E-state index in [9.17, 15) is 14.4 Å². The quantitative estimate of drug-likeness (QED) is 0.138.